The van der Waals surface area contributed by atoms with Crippen LogP contribution in [0.2, 0.25) is 0 Å². The quantitative estimate of drug-likeness (QED) is 0.161. The van der Waals surface area contributed by atoms with Crippen LogP contribution in [0.3, 0.4) is 0 Å². The van der Waals surface area contributed by atoms with Gasteiger partial charge in [-0.3, -0.25) is 0 Å². The number of fused-ring (bicyclic) bond motifs is 10. The summed E-state index contributed by atoms with van der Waals surface area (Å²) in [5, 5.41) is 4.28. The fraction of sp³-hybridized carbons (Fsp3) is 0.180. The molecule has 4 aromatic heterocycles. The van der Waals surface area contributed by atoms with Gasteiger partial charge in [0, 0.05) is 55.4 Å². The predicted octanol–water partition coefficient (Wildman–Crippen LogP) is 15.8. The molecule has 13 rings (SSSR count). The lowest BCUT2D eigenvalue weighted by Gasteiger charge is -2.41. The second-order valence-corrected chi connectivity index (χ2v) is 21.2. The minimum absolute atomic E-state index is 0.0894. The zero-order chi connectivity index (χ0) is 46.4. The van der Waals surface area contributed by atoms with Crippen LogP contribution in [0, 0.1) is 0 Å². The van der Waals surface area contributed by atoms with Crippen LogP contribution >= 0.6 is 0 Å². The third-order valence-electron chi connectivity index (χ3n) is 14.3. The van der Waals surface area contributed by atoms with E-state index in [1.807, 2.05) is 24.3 Å². The van der Waals surface area contributed by atoms with E-state index in [-0.39, 0.29) is 23.5 Å². The molecule has 332 valence electrons. The van der Waals surface area contributed by atoms with Crippen LogP contribution in [0.5, 0.6) is 0 Å². The van der Waals surface area contributed by atoms with E-state index in [1.54, 1.807) is 0 Å². The van der Waals surface area contributed by atoms with E-state index in [0.717, 1.165) is 117 Å². The Labute approximate surface area is 396 Å². The number of furan rings is 4. The average molecular weight is 887 g/mol. The van der Waals surface area contributed by atoms with E-state index >= 15 is 0 Å². The lowest BCUT2D eigenvalue weighted by atomic mass is 9.37. The maximum absolute atomic E-state index is 7.32. The molecule has 0 bridgehead atoms. The van der Waals surface area contributed by atoms with Crippen molar-refractivity contribution < 1.29 is 17.7 Å². The van der Waals surface area contributed by atoms with Gasteiger partial charge < -0.3 is 27.5 Å². The molecule has 0 saturated heterocycles. The van der Waals surface area contributed by atoms with Crippen LogP contribution in [0.25, 0.3) is 66.5 Å². The molecule has 0 aliphatic carbocycles. The van der Waals surface area contributed by atoms with Crippen molar-refractivity contribution in [3.63, 3.8) is 0 Å². The van der Waals surface area contributed by atoms with Crippen molar-refractivity contribution >= 4 is 101 Å². The van der Waals surface area contributed by atoms with Crippen molar-refractivity contribution in [3.8, 4) is 22.6 Å². The minimum Gasteiger partial charge on any atom is -0.468 e. The van der Waals surface area contributed by atoms with Gasteiger partial charge >= 0.3 is 6.71 Å². The molecule has 0 atom stereocenters. The molecule has 0 unspecified atom stereocenters. The lowest BCUT2D eigenvalue weighted by molar-refractivity contribution is 0.590. The van der Waals surface area contributed by atoms with Crippen molar-refractivity contribution in [2.45, 2.75) is 72.1 Å². The summed E-state index contributed by atoms with van der Waals surface area (Å²) < 4.78 is 27.7. The molecule has 2 aliphatic rings. The fourth-order valence-electron chi connectivity index (χ4n) is 10.6. The number of hydrogen-bond acceptors (Lipinski definition) is 6. The summed E-state index contributed by atoms with van der Waals surface area (Å²) >= 11 is 0. The summed E-state index contributed by atoms with van der Waals surface area (Å²) in [5.74, 6) is 1.86. The topological polar surface area (TPSA) is 59.0 Å². The Morgan fingerprint density at radius 3 is 1.32 bits per heavy atom. The summed E-state index contributed by atoms with van der Waals surface area (Å²) in [7, 11) is 0. The van der Waals surface area contributed by atoms with Gasteiger partial charge in [0.15, 0.2) is 0 Å². The molecule has 0 saturated carbocycles. The van der Waals surface area contributed by atoms with Gasteiger partial charge in [0.05, 0.1) is 11.4 Å². The first-order valence-electron chi connectivity index (χ1n) is 23.9. The first-order valence-corrected chi connectivity index (χ1v) is 23.9. The van der Waals surface area contributed by atoms with Crippen molar-refractivity contribution in [1.29, 1.82) is 0 Å². The van der Waals surface area contributed by atoms with Crippen LogP contribution < -0.4 is 26.6 Å². The van der Waals surface area contributed by atoms with Crippen LogP contribution in [-0.4, -0.2) is 6.71 Å². The maximum atomic E-state index is 7.32. The normalized spacial score (nSPS) is 13.6. The van der Waals surface area contributed by atoms with E-state index in [4.69, 9.17) is 17.7 Å². The number of benzene rings is 7. The summed E-state index contributed by atoms with van der Waals surface area (Å²) in [4.78, 5) is 4.91. The van der Waals surface area contributed by atoms with Gasteiger partial charge in [-0.25, -0.2) is 0 Å². The van der Waals surface area contributed by atoms with E-state index in [0.29, 0.717) is 0 Å². The lowest BCUT2D eigenvalue weighted by Crippen LogP contribution is -2.60. The van der Waals surface area contributed by atoms with Gasteiger partial charge in [-0.2, -0.15) is 0 Å². The molecule has 7 heteroatoms. The number of para-hydroxylation sites is 2. The first kappa shape index (κ1) is 40.6. The van der Waals surface area contributed by atoms with Crippen molar-refractivity contribution in [2.24, 2.45) is 0 Å². The van der Waals surface area contributed by atoms with Gasteiger partial charge in [-0.1, -0.05) is 128 Å². The standard InChI is InChI=1S/C61H51BN2O4/c1-35(2)40-29-47-55-48(30-40)64(44-20-14-18-37(28-44)54-32-39-16-10-12-22-50(39)66-54)57-46-34-42(61(6,7)8)24-26-52(46)68-59(57)62(55)58-56(45-33-41(60(3,4)5)23-25-51(45)67-58)63(47)43-19-13-17-36(27-43)53-31-38-15-9-11-21-49(38)65-53/h9-35H,1-8H3. The summed E-state index contributed by atoms with van der Waals surface area (Å²) in [5.41, 5.74) is 18.1. The highest BCUT2D eigenvalue weighted by atomic mass is 16.4. The Bertz CT molecular complexity index is 3540. The van der Waals surface area contributed by atoms with Gasteiger partial charge in [-0.05, 0) is 124 Å². The second kappa shape index (κ2) is 14.4. The third kappa shape index (κ3) is 6.17. The fourth-order valence-corrected chi connectivity index (χ4v) is 10.6. The van der Waals surface area contributed by atoms with Crippen molar-refractivity contribution in [2.75, 3.05) is 9.80 Å². The molecule has 0 radical (unpaired) electrons. The Hall–Kier alpha value is -7.64. The van der Waals surface area contributed by atoms with Gasteiger partial charge in [0.25, 0.3) is 0 Å². The summed E-state index contributed by atoms with van der Waals surface area (Å²) in [6, 6.07) is 56.5. The summed E-state index contributed by atoms with van der Waals surface area (Å²) in [6.07, 6.45) is 0. The minimum atomic E-state index is -0.355. The van der Waals surface area contributed by atoms with Crippen LogP contribution in [0.4, 0.5) is 34.1 Å². The average Bonchev–Trinajstić information content (AvgIpc) is 4.13. The molecule has 0 spiro atoms. The largest absolute Gasteiger partial charge is 0.468 e. The smallest absolute Gasteiger partial charge is 0.342 e. The second-order valence-electron chi connectivity index (χ2n) is 21.2. The Kier molecular flexibility index (Phi) is 8.62. The number of hydrogen-bond donors (Lipinski definition) is 0. The highest BCUT2D eigenvalue weighted by Crippen LogP contribution is 2.51. The van der Waals surface area contributed by atoms with Crippen LogP contribution in [-0.2, 0) is 10.8 Å². The molecule has 0 N–H and O–H groups in total. The van der Waals surface area contributed by atoms with Gasteiger partial charge in [0.2, 0.25) is 0 Å². The van der Waals surface area contributed by atoms with E-state index < -0.39 is 0 Å². The van der Waals surface area contributed by atoms with Crippen LogP contribution in [0.15, 0.2) is 175 Å². The predicted molar refractivity (Wildman–Crippen MR) is 282 cm³/mol. The maximum Gasteiger partial charge on any atom is 0.342 e. The molecule has 0 fully saturated rings. The number of rotatable bonds is 5. The monoisotopic (exact) mass is 886 g/mol. The van der Waals surface area contributed by atoms with Gasteiger partial charge in [0.1, 0.15) is 45.2 Å². The zero-order valence-electron chi connectivity index (χ0n) is 39.7. The molecular weight excluding hydrogens is 835 g/mol. The van der Waals surface area contributed by atoms with E-state index in [9.17, 15) is 0 Å². The molecule has 68 heavy (non-hydrogen) atoms. The highest BCUT2D eigenvalue weighted by Gasteiger charge is 2.50. The van der Waals surface area contributed by atoms with E-state index in [1.165, 1.54) is 16.7 Å². The molecule has 6 heterocycles. The SMILES string of the molecule is CC(C)c1cc2c3c(c1)N(c1cccc(-c4cc5ccccc5o4)c1)c1c(oc4ccc(C(C)(C)C)cc14)B3c1oc3ccc(C(C)(C)C)cc3c1N2c1cccc(-c2cc3ccccc3o2)c1. The Morgan fingerprint density at radius 1 is 0.441 bits per heavy atom. The molecule has 7 aromatic carbocycles. The van der Waals surface area contributed by atoms with Crippen LogP contribution in [0.1, 0.15) is 78.0 Å². The molecule has 11 aromatic rings. The molecular formula is C61H51BN2O4. The highest BCUT2D eigenvalue weighted by molar-refractivity contribution is 6.99. The van der Waals surface area contributed by atoms with Crippen molar-refractivity contribution in [1.82, 2.24) is 0 Å². The molecule has 6 nitrogen and oxygen atoms in total. The molecule has 2 aliphatic heterocycles. The van der Waals surface area contributed by atoms with Gasteiger partial charge in [-0.15, -0.1) is 0 Å². The third-order valence-corrected chi connectivity index (χ3v) is 14.3. The molecule has 0 amide bonds. The van der Waals surface area contributed by atoms with Crippen molar-refractivity contribution in [3.05, 3.63) is 174 Å². The number of nitrogens with zero attached hydrogens (tertiary/aromatic N) is 2. The first-order chi connectivity index (χ1) is 32.8. The number of anilines is 6. The Balaban J connectivity index is 1.13. The van der Waals surface area contributed by atoms with E-state index in [2.05, 4.69) is 199 Å². The Morgan fingerprint density at radius 2 is 0.897 bits per heavy atom. The summed E-state index contributed by atoms with van der Waals surface area (Å²) in [6.45, 7) is 17.9. The zero-order valence-corrected chi connectivity index (χ0v) is 39.7.